The predicted octanol–water partition coefficient (Wildman–Crippen LogP) is 3.45. The number of guanidine groups is 1. The molecule has 2 aromatic rings. The number of nitrogens with zero attached hydrogens (tertiary/aromatic N) is 2. The summed E-state index contributed by atoms with van der Waals surface area (Å²) in [5.41, 5.74) is 9.84. The molecule has 0 aliphatic carbocycles. The molecule has 0 saturated heterocycles. The zero-order valence-electron chi connectivity index (χ0n) is 16.5. The van der Waals surface area contributed by atoms with Crippen molar-refractivity contribution in [3.8, 4) is 5.75 Å². The van der Waals surface area contributed by atoms with Crippen LogP contribution in [-0.2, 0) is 13.1 Å². The second kappa shape index (κ2) is 8.91. The zero-order chi connectivity index (χ0) is 19.2. The van der Waals surface area contributed by atoms with Crippen LogP contribution < -0.4 is 15.8 Å². The molecule has 144 valence electrons. The van der Waals surface area contributed by atoms with Gasteiger partial charge in [0.15, 0.2) is 5.96 Å². The normalized spacial score (nSPS) is 16.9. The summed E-state index contributed by atoms with van der Waals surface area (Å²) in [5.74, 6) is 1.40. The molecule has 0 radical (unpaired) electrons. The Hall–Kier alpha value is -2.53. The molecule has 0 saturated carbocycles. The van der Waals surface area contributed by atoms with Crippen molar-refractivity contribution in [2.24, 2.45) is 10.7 Å². The van der Waals surface area contributed by atoms with Crippen LogP contribution in [-0.4, -0.2) is 30.6 Å². The Bertz CT molecular complexity index is 787. The summed E-state index contributed by atoms with van der Waals surface area (Å²) in [6.07, 6.45) is 0.878. The summed E-state index contributed by atoms with van der Waals surface area (Å²) in [4.78, 5) is 6.92. The summed E-state index contributed by atoms with van der Waals surface area (Å²) >= 11 is 0. The lowest BCUT2D eigenvalue weighted by Crippen LogP contribution is -2.37. The smallest absolute Gasteiger partial charge is 0.189 e. The van der Waals surface area contributed by atoms with E-state index in [-0.39, 0.29) is 6.04 Å². The van der Waals surface area contributed by atoms with Gasteiger partial charge in [-0.1, -0.05) is 42.5 Å². The highest BCUT2D eigenvalue weighted by atomic mass is 16.5. The average molecular weight is 367 g/mol. The van der Waals surface area contributed by atoms with Crippen molar-refractivity contribution in [3.05, 3.63) is 65.2 Å². The van der Waals surface area contributed by atoms with Gasteiger partial charge in [0.1, 0.15) is 5.75 Å². The fourth-order valence-electron chi connectivity index (χ4n) is 3.20. The Morgan fingerprint density at radius 1 is 1.19 bits per heavy atom. The molecule has 0 spiro atoms. The minimum atomic E-state index is 0.140. The quantitative estimate of drug-likeness (QED) is 0.607. The van der Waals surface area contributed by atoms with Crippen molar-refractivity contribution in [2.75, 3.05) is 13.7 Å². The van der Waals surface area contributed by atoms with Crippen molar-refractivity contribution < 1.29 is 4.74 Å². The average Bonchev–Trinajstić information content (AvgIpc) is 2.67. The van der Waals surface area contributed by atoms with Gasteiger partial charge in [-0.2, -0.15) is 0 Å². The molecule has 5 heteroatoms. The number of aliphatic imine (C=N–C) groups is 1. The molecular weight excluding hydrogens is 336 g/mol. The van der Waals surface area contributed by atoms with Gasteiger partial charge in [-0.05, 0) is 38.1 Å². The number of para-hydroxylation sites is 1. The van der Waals surface area contributed by atoms with Crippen molar-refractivity contribution in [2.45, 2.75) is 45.4 Å². The van der Waals surface area contributed by atoms with E-state index in [0.29, 0.717) is 25.2 Å². The molecule has 3 rings (SSSR count). The van der Waals surface area contributed by atoms with Gasteiger partial charge < -0.3 is 15.8 Å². The van der Waals surface area contributed by atoms with Crippen LogP contribution >= 0.6 is 0 Å². The van der Waals surface area contributed by atoms with Gasteiger partial charge >= 0.3 is 0 Å². The summed E-state index contributed by atoms with van der Waals surface area (Å²) in [7, 11) is 2.14. The molecule has 0 fully saturated rings. The molecule has 3 N–H and O–H groups in total. The van der Waals surface area contributed by atoms with Crippen molar-refractivity contribution >= 4 is 5.96 Å². The first-order valence-corrected chi connectivity index (χ1v) is 9.60. The van der Waals surface area contributed by atoms with E-state index in [9.17, 15) is 0 Å². The lowest BCUT2D eigenvalue weighted by Gasteiger charge is -2.27. The van der Waals surface area contributed by atoms with Crippen LogP contribution in [0.4, 0.5) is 0 Å². The van der Waals surface area contributed by atoms with Gasteiger partial charge in [0, 0.05) is 24.6 Å². The lowest BCUT2D eigenvalue weighted by atomic mass is 10.0. The minimum absolute atomic E-state index is 0.140. The Morgan fingerprint density at radius 2 is 1.89 bits per heavy atom. The first-order valence-electron chi connectivity index (χ1n) is 9.60. The summed E-state index contributed by atoms with van der Waals surface area (Å²) in [6, 6.07) is 17.2. The van der Waals surface area contributed by atoms with E-state index < -0.39 is 0 Å². The van der Waals surface area contributed by atoms with Crippen molar-refractivity contribution in [1.29, 1.82) is 0 Å². The highest BCUT2D eigenvalue weighted by Crippen LogP contribution is 2.31. The Kier molecular flexibility index (Phi) is 6.35. The first kappa shape index (κ1) is 19.2. The number of ether oxygens (including phenoxy) is 1. The molecule has 0 bridgehead atoms. The number of benzene rings is 2. The van der Waals surface area contributed by atoms with Gasteiger partial charge in [-0.25, -0.2) is 4.99 Å². The second-order valence-corrected chi connectivity index (χ2v) is 7.35. The highest BCUT2D eigenvalue weighted by Gasteiger charge is 2.21. The molecule has 5 nitrogen and oxygen atoms in total. The van der Waals surface area contributed by atoms with Crippen LogP contribution in [0.5, 0.6) is 5.75 Å². The molecule has 27 heavy (non-hydrogen) atoms. The maximum atomic E-state index is 6.20. The van der Waals surface area contributed by atoms with E-state index >= 15 is 0 Å². The minimum Gasteiger partial charge on any atom is -0.493 e. The number of hydrogen-bond donors (Lipinski definition) is 2. The van der Waals surface area contributed by atoms with E-state index in [0.717, 1.165) is 24.3 Å². The third kappa shape index (κ3) is 5.01. The maximum absolute atomic E-state index is 6.20. The fraction of sp³-hybridized carbons (Fsp3) is 0.409. The molecule has 1 aliphatic rings. The molecule has 1 unspecified atom stereocenters. The van der Waals surface area contributed by atoms with Gasteiger partial charge in [0.05, 0.1) is 19.2 Å². The molecular formula is C22H30N4O. The Labute approximate surface area is 162 Å². The Balaban J connectivity index is 1.67. The van der Waals surface area contributed by atoms with Gasteiger partial charge in [0.2, 0.25) is 0 Å². The number of fused-ring (bicyclic) bond motifs is 1. The second-order valence-electron chi connectivity index (χ2n) is 7.35. The monoisotopic (exact) mass is 366 g/mol. The van der Waals surface area contributed by atoms with Gasteiger partial charge in [0.25, 0.3) is 0 Å². The lowest BCUT2D eigenvalue weighted by molar-refractivity contribution is 0.262. The van der Waals surface area contributed by atoms with Crippen LogP contribution in [0, 0.1) is 0 Å². The molecule has 2 aromatic carbocycles. The van der Waals surface area contributed by atoms with Crippen molar-refractivity contribution in [1.82, 2.24) is 10.2 Å². The first-order chi connectivity index (χ1) is 13.0. The van der Waals surface area contributed by atoms with Crippen LogP contribution in [0.15, 0.2) is 53.5 Å². The van der Waals surface area contributed by atoms with Gasteiger partial charge in [-0.15, -0.1) is 0 Å². The van der Waals surface area contributed by atoms with Crippen LogP contribution in [0.1, 0.15) is 43.0 Å². The van der Waals surface area contributed by atoms with E-state index in [2.05, 4.69) is 66.4 Å². The predicted molar refractivity (Wildman–Crippen MR) is 111 cm³/mol. The molecule has 1 atom stereocenters. The number of rotatable bonds is 6. The Morgan fingerprint density at radius 3 is 2.67 bits per heavy atom. The summed E-state index contributed by atoms with van der Waals surface area (Å²) < 4.78 is 5.71. The molecule has 1 heterocycles. The third-order valence-electron chi connectivity index (χ3n) is 5.12. The van der Waals surface area contributed by atoms with Crippen LogP contribution in [0.2, 0.25) is 0 Å². The standard InChI is InChI=1S/C22H30N4O/c1-16(2)26(3)15-18-9-5-4-8-17(18)14-24-22(23)25-20-12-13-27-21-11-7-6-10-19(20)21/h4-11,16,20H,12-15H2,1-3H3,(H3,23,24,25). The molecule has 0 amide bonds. The van der Waals surface area contributed by atoms with E-state index in [1.54, 1.807) is 0 Å². The molecule has 0 aromatic heterocycles. The fourth-order valence-corrected chi connectivity index (χ4v) is 3.20. The topological polar surface area (TPSA) is 62.9 Å². The third-order valence-corrected chi connectivity index (χ3v) is 5.12. The van der Waals surface area contributed by atoms with Crippen LogP contribution in [0.3, 0.4) is 0 Å². The summed E-state index contributed by atoms with van der Waals surface area (Å²) in [5, 5.41) is 3.36. The number of nitrogens with one attached hydrogen (secondary N) is 1. The maximum Gasteiger partial charge on any atom is 0.189 e. The van der Waals surface area contributed by atoms with Crippen LogP contribution in [0.25, 0.3) is 0 Å². The largest absolute Gasteiger partial charge is 0.493 e. The highest BCUT2D eigenvalue weighted by molar-refractivity contribution is 5.78. The van der Waals surface area contributed by atoms with E-state index in [4.69, 9.17) is 10.5 Å². The summed E-state index contributed by atoms with van der Waals surface area (Å²) in [6.45, 7) is 6.57. The van der Waals surface area contributed by atoms with Gasteiger partial charge in [-0.3, -0.25) is 4.90 Å². The van der Waals surface area contributed by atoms with E-state index in [1.807, 2.05) is 18.2 Å². The van der Waals surface area contributed by atoms with E-state index in [1.165, 1.54) is 11.1 Å². The number of nitrogens with two attached hydrogens (primary N) is 1. The number of hydrogen-bond acceptors (Lipinski definition) is 3. The molecule has 1 aliphatic heterocycles. The van der Waals surface area contributed by atoms with Crippen molar-refractivity contribution in [3.63, 3.8) is 0 Å². The SMILES string of the molecule is CC(C)N(C)Cc1ccccc1CN=C(N)NC1CCOc2ccccc21. The zero-order valence-corrected chi connectivity index (χ0v) is 16.5.